The Morgan fingerprint density at radius 3 is 2.33 bits per heavy atom. The van der Waals surface area contributed by atoms with Crippen LogP contribution in [0.25, 0.3) is 5.69 Å². The number of rotatable bonds is 2. The lowest BCUT2D eigenvalue weighted by Crippen LogP contribution is -2.18. The van der Waals surface area contributed by atoms with E-state index in [0.29, 0.717) is 17.1 Å². The van der Waals surface area contributed by atoms with Crippen LogP contribution in [-0.4, -0.2) is 22.9 Å². The van der Waals surface area contributed by atoms with Crippen molar-refractivity contribution in [2.75, 3.05) is 12.8 Å². The van der Waals surface area contributed by atoms with Crippen LogP contribution in [0.3, 0.4) is 0 Å². The second-order valence-electron chi connectivity index (χ2n) is 5.74. The van der Waals surface area contributed by atoms with Crippen molar-refractivity contribution in [3.8, 4) is 5.69 Å². The molecule has 0 radical (unpaired) electrons. The fraction of sp³-hybridized carbons (Fsp3) is 0.333. The van der Waals surface area contributed by atoms with Gasteiger partial charge in [0.2, 0.25) is 0 Å². The molecule has 0 aliphatic heterocycles. The molecule has 2 N–H and O–H groups in total. The van der Waals surface area contributed by atoms with Crippen molar-refractivity contribution in [3.05, 3.63) is 41.3 Å². The van der Waals surface area contributed by atoms with E-state index in [9.17, 15) is 9.18 Å². The van der Waals surface area contributed by atoms with Gasteiger partial charge in [0, 0.05) is 5.56 Å². The van der Waals surface area contributed by atoms with Crippen molar-refractivity contribution in [3.63, 3.8) is 0 Å². The first-order valence-electron chi connectivity index (χ1n) is 6.49. The number of nitrogens with two attached hydrogens (primary N) is 1. The Balaban J connectivity index is 2.67. The van der Waals surface area contributed by atoms with E-state index in [1.54, 1.807) is 12.1 Å². The third-order valence-corrected chi connectivity index (χ3v) is 3.12. The minimum absolute atomic E-state index is 0.173. The van der Waals surface area contributed by atoms with Crippen LogP contribution in [-0.2, 0) is 10.2 Å². The number of nitrogens with zero attached hydrogens (tertiary/aromatic N) is 2. The van der Waals surface area contributed by atoms with Crippen LogP contribution >= 0.6 is 0 Å². The van der Waals surface area contributed by atoms with Gasteiger partial charge in [0.15, 0.2) is 5.69 Å². The molecule has 1 aromatic carbocycles. The molecule has 0 saturated heterocycles. The van der Waals surface area contributed by atoms with Crippen molar-refractivity contribution in [2.45, 2.75) is 26.2 Å². The van der Waals surface area contributed by atoms with Crippen LogP contribution in [0, 0.1) is 5.82 Å². The lowest BCUT2D eigenvalue weighted by atomic mass is 9.86. The number of nitrogen functional groups attached to an aromatic ring is 1. The number of esters is 1. The number of carbonyl (C=O) groups excluding carboxylic acids is 1. The van der Waals surface area contributed by atoms with E-state index in [2.05, 4.69) is 5.10 Å². The number of hydrogen-bond donors (Lipinski definition) is 1. The van der Waals surface area contributed by atoms with Crippen LogP contribution < -0.4 is 5.73 Å². The maximum absolute atomic E-state index is 13.0. The summed E-state index contributed by atoms with van der Waals surface area (Å²) in [6.45, 7) is 5.80. The summed E-state index contributed by atoms with van der Waals surface area (Å²) < 4.78 is 19.2. The van der Waals surface area contributed by atoms with Gasteiger partial charge in [-0.3, -0.25) is 0 Å². The lowest BCUT2D eigenvalue weighted by molar-refractivity contribution is 0.0590. The van der Waals surface area contributed by atoms with E-state index >= 15 is 0 Å². The van der Waals surface area contributed by atoms with E-state index in [1.807, 2.05) is 20.8 Å². The molecule has 1 heterocycles. The third kappa shape index (κ3) is 2.74. The first-order valence-corrected chi connectivity index (χ1v) is 6.49. The van der Waals surface area contributed by atoms with Gasteiger partial charge in [-0.1, -0.05) is 20.8 Å². The van der Waals surface area contributed by atoms with Crippen LogP contribution in [0.15, 0.2) is 24.3 Å². The molecule has 0 amide bonds. The highest BCUT2D eigenvalue weighted by Crippen LogP contribution is 2.33. The van der Waals surface area contributed by atoms with Crippen molar-refractivity contribution >= 4 is 11.8 Å². The van der Waals surface area contributed by atoms with Crippen molar-refractivity contribution in [2.24, 2.45) is 0 Å². The average Bonchev–Trinajstić information content (AvgIpc) is 2.76. The summed E-state index contributed by atoms with van der Waals surface area (Å²) in [4.78, 5) is 11.9. The second kappa shape index (κ2) is 5.20. The summed E-state index contributed by atoms with van der Waals surface area (Å²) in [5, 5.41) is 4.24. The number of ether oxygens (including phenoxy) is 1. The van der Waals surface area contributed by atoms with Gasteiger partial charge in [-0.05, 0) is 29.7 Å². The number of carbonyl (C=O) groups is 1. The summed E-state index contributed by atoms with van der Waals surface area (Å²) in [6.07, 6.45) is 0. The fourth-order valence-corrected chi connectivity index (χ4v) is 2.19. The molecule has 0 aliphatic rings. The summed E-state index contributed by atoms with van der Waals surface area (Å²) in [6, 6.07) is 5.72. The zero-order chi connectivity index (χ0) is 15.8. The topological polar surface area (TPSA) is 70.1 Å². The number of methoxy groups -OCH3 is 1. The summed E-state index contributed by atoms with van der Waals surface area (Å²) in [5.41, 5.74) is 7.13. The molecule has 21 heavy (non-hydrogen) atoms. The smallest absolute Gasteiger partial charge is 0.358 e. The maximum atomic E-state index is 13.0. The van der Waals surface area contributed by atoms with Gasteiger partial charge < -0.3 is 10.5 Å². The van der Waals surface area contributed by atoms with Crippen LogP contribution in [0.5, 0.6) is 0 Å². The number of anilines is 1. The predicted molar refractivity (Wildman–Crippen MR) is 78.0 cm³/mol. The average molecular weight is 291 g/mol. The highest BCUT2D eigenvalue weighted by atomic mass is 19.1. The van der Waals surface area contributed by atoms with Crippen LogP contribution in [0.4, 0.5) is 10.2 Å². The zero-order valence-corrected chi connectivity index (χ0v) is 12.5. The molecular formula is C15H18FN3O2. The van der Waals surface area contributed by atoms with Crippen LogP contribution in [0.2, 0.25) is 0 Å². The van der Waals surface area contributed by atoms with E-state index in [4.69, 9.17) is 10.5 Å². The number of hydrogen-bond acceptors (Lipinski definition) is 4. The van der Waals surface area contributed by atoms with E-state index in [0.717, 1.165) is 0 Å². The summed E-state index contributed by atoms with van der Waals surface area (Å²) in [7, 11) is 1.29. The Labute approximate surface area is 122 Å². The SMILES string of the molecule is COC(=O)c1nn(-c2ccc(F)cc2)c(N)c1C(C)(C)C. The first kappa shape index (κ1) is 15.0. The van der Waals surface area contributed by atoms with Gasteiger partial charge in [0.25, 0.3) is 0 Å². The summed E-state index contributed by atoms with van der Waals surface area (Å²) >= 11 is 0. The maximum Gasteiger partial charge on any atom is 0.358 e. The number of benzene rings is 1. The van der Waals surface area contributed by atoms with E-state index < -0.39 is 5.97 Å². The molecule has 0 bridgehead atoms. The summed E-state index contributed by atoms with van der Waals surface area (Å²) in [5.74, 6) is -0.560. The van der Waals surface area contributed by atoms with Gasteiger partial charge in [0.05, 0.1) is 12.8 Å². The van der Waals surface area contributed by atoms with Crippen molar-refractivity contribution in [1.82, 2.24) is 9.78 Å². The fourth-order valence-electron chi connectivity index (χ4n) is 2.19. The molecule has 0 saturated carbocycles. The Hall–Kier alpha value is -2.37. The predicted octanol–water partition coefficient (Wildman–Crippen LogP) is 2.68. The molecular weight excluding hydrogens is 273 g/mol. The number of halogens is 1. The van der Waals surface area contributed by atoms with Gasteiger partial charge in [-0.15, -0.1) is 0 Å². The van der Waals surface area contributed by atoms with Crippen molar-refractivity contribution < 1.29 is 13.9 Å². The molecule has 0 aliphatic carbocycles. The Kier molecular flexibility index (Phi) is 3.72. The van der Waals surface area contributed by atoms with Gasteiger partial charge in [-0.2, -0.15) is 5.10 Å². The van der Waals surface area contributed by atoms with Gasteiger partial charge in [-0.25, -0.2) is 13.9 Å². The lowest BCUT2D eigenvalue weighted by Gasteiger charge is -2.19. The van der Waals surface area contributed by atoms with E-state index in [1.165, 1.54) is 23.9 Å². The molecule has 112 valence electrons. The minimum atomic E-state index is -0.549. The molecule has 2 rings (SSSR count). The van der Waals surface area contributed by atoms with Gasteiger partial charge in [0.1, 0.15) is 11.6 Å². The first-order chi connectivity index (χ1) is 9.75. The third-order valence-electron chi connectivity index (χ3n) is 3.12. The Morgan fingerprint density at radius 1 is 1.29 bits per heavy atom. The largest absolute Gasteiger partial charge is 0.464 e. The standard InChI is InChI=1S/C15H18FN3O2/c1-15(2,3)11-12(14(20)21-4)18-19(13(11)17)10-7-5-9(16)6-8-10/h5-8H,17H2,1-4H3. The molecule has 1 aromatic heterocycles. The highest BCUT2D eigenvalue weighted by molar-refractivity contribution is 5.91. The number of aromatic nitrogens is 2. The Bertz CT molecular complexity index is 669. The monoisotopic (exact) mass is 291 g/mol. The molecule has 0 spiro atoms. The normalized spacial score (nSPS) is 11.5. The van der Waals surface area contributed by atoms with Crippen LogP contribution in [0.1, 0.15) is 36.8 Å². The highest BCUT2D eigenvalue weighted by Gasteiger charge is 2.30. The Morgan fingerprint density at radius 2 is 1.86 bits per heavy atom. The van der Waals surface area contributed by atoms with Crippen molar-refractivity contribution in [1.29, 1.82) is 0 Å². The quantitative estimate of drug-likeness (QED) is 0.864. The van der Waals surface area contributed by atoms with Gasteiger partial charge >= 0.3 is 5.97 Å². The molecule has 0 atom stereocenters. The molecule has 0 fully saturated rings. The molecule has 0 unspecified atom stereocenters. The zero-order valence-electron chi connectivity index (χ0n) is 12.5. The molecule has 5 nitrogen and oxygen atoms in total. The molecule has 2 aromatic rings. The van der Waals surface area contributed by atoms with E-state index in [-0.39, 0.29) is 16.9 Å². The second-order valence-corrected chi connectivity index (χ2v) is 5.74. The minimum Gasteiger partial charge on any atom is -0.464 e. The molecule has 6 heteroatoms.